The van der Waals surface area contributed by atoms with Gasteiger partial charge in [0.25, 0.3) is 5.91 Å². The molecular formula is C30H19Br2Cl2N3O3. The molecule has 0 spiro atoms. The number of aryl methyl sites for hydroxylation is 1. The van der Waals surface area contributed by atoms with Gasteiger partial charge in [0.05, 0.1) is 22.3 Å². The summed E-state index contributed by atoms with van der Waals surface area (Å²) in [6.07, 6.45) is 1.40. The first kappa shape index (κ1) is 28.1. The molecule has 1 amide bonds. The molecular weight excluding hydrogens is 681 g/mol. The monoisotopic (exact) mass is 697 g/mol. The Balaban J connectivity index is 1.45. The van der Waals surface area contributed by atoms with Gasteiger partial charge in [-0.05, 0) is 55.5 Å². The summed E-state index contributed by atoms with van der Waals surface area (Å²) in [6.45, 7) is 1.94. The van der Waals surface area contributed by atoms with Crippen LogP contribution in [0.1, 0.15) is 32.0 Å². The number of H-pyrrole nitrogens is 1. The molecule has 5 aromatic rings. The molecule has 0 saturated carbocycles. The number of aromatic amines is 1. The van der Waals surface area contributed by atoms with Crippen molar-refractivity contribution in [2.45, 2.75) is 6.92 Å². The zero-order valence-corrected chi connectivity index (χ0v) is 25.5. The molecule has 0 unspecified atom stereocenters. The number of benzene rings is 4. The maximum atomic E-state index is 13.4. The van der Waals surface area contributed by atoms with E-state index in [2.05, 4.69) is 47.4 Å². The fraction of sp³-hybridized carbons (Fsp3) is 0.0333. The van der Waals surface area contributed by atoms with Crippen LogP contribution in [0.15, 0.2) is 92.9 Å². The van der Waals surface area contributed by atoms with Crippen molar-refractivity contribution < 1.29 is 14.3 Å². The summed E-state index contributed by atoms with van der Waals surface area (Å²) >= 11 is 19.9. The zero-order chi connectivity index (χ0) is 28.4. The van der Waals surface area contributed by atoms with Crippen LogP contribution in [0.3, 0.4) is 0 Å². The van der Waals surface area contributed by atoms with Gasteiger partial charge in [0.15, 0.2) is 0 Å². The van der Waals surface area contributed by atoms with Crippen LogP contribution in [0.2, 0.25) is 10.0 Å². The van der Waals surface area contributed by atoms with Crippen LogP contribution in [-0.2, 0) is 0 Å². The number of nitrogens with zero attached hydrogens (tertiary/aromatic N) is 1. The molecule has 2 N–H and O–H groups in total. The Kier molecular flexibility index (Phi) is 8.42. The van der Waals surface area contributed by atoms with Gasteiger partial charge in [-0.25, -0.2) is 10.2 Å². The van der Waals surface area contributed by atoms with Crippen molar-refractivity contribution >= 4 is 84.1 Å². The molecule has 6 nitrogen and oxygen atoms in total. The largest absolute Gasteiger partial charge is 0.422 e. The maximum absolute atomic E-state index is 13.4. The van der Waals surface area contributed by atoms with Crippen molar-refractivity contribution in [2.75, 3.05) is 0 Å². The average molecular weight is 700 g/mol. The molecule has 0 aliphatic heterocycles. The van der Waals surface area contributed by atoms with E-state index in [0.717, 1.165) is 19.9 Å². The lowest BCUT2D eigenvalue weighted by molar-refractivity contribution is 0.0734. The molecule has 0 bridgehead atoms. The third kappa shape index (κ3) is 6.00. The molecule has 0 atom stereocenters. The van der Waals surface area contributed by atoms with Gasteiger partial charge in [0, 0.05) is 36.0 Å². The number of aromatic nitrogens is 1. The van der Waals surface area contributed by atoms with Gasteiger partial charge in [-0.15, -0.1) is 0 Å². The Hall–Kier alpha value is -3.43. The summed E-state index contributed by atoms with van der Waals surface area (Å²) in [5, 5.41) is 5.79. The number of hydrazone groups is 1. The Bertz CT molecular complexity index is 1800. The summed E-state index contributed by atoms with van der Waals surface area (Å²) in [7, 11) is 0. The van der Waals surface area contributed by atoms with Gasteiger partial charge in [-0.3, -0.25) is 4.79 Å². The van der Waals surface area contributed by atoms with E-state index in [1.54, 1.807) is 42.5 Å². The number of hydrogen-bond donors (Lipinski definition) is 2. The van der Waals surface area contributed by atoms with Crippen molar-refractivity contribution in [2.24, 2.45) is 5.10 Å². The summed E-state index contributed by atoms with van der Waals surface area (Å²) in [5.41, 5.74) is 6.56. The quantitative estimate of drug-likeness (QED) is 0.0804. The number of carbonyl (C=O) groups excluding carboxylic acids is 2. The second-order valence-corrected chi connectivity index (χ2v) is 11.4. The first-order valence-electron chi connectivity index (χ1n) is 11.9. The Morgan fingerprint density at radius 3 is 2.42 bits per heavy atom. The second kappa shape index (κ2) is 12.0. The topological polar surface area (TPSA) is 83.5 Å². The number of esters is 1. The fourth-order valence-corrected chi connectivity index (χ4v) is 5.58. The van der Waals surface area contributed by atoms with E-state index in [9.17, 15) is 9.59 Å². The molecule has 0 radical (unpaired) electrons. The molecule has 4 aromatic carbocycles. The molecule has 1 aromatic heterocycles. The van der Waals surface area contributed by atoms with Gasteiger partial charge in [-0.1, -0.05) is 91.0 Å². The number of rotatable bonds is 6. The normalized spacial score (nSPS) is 11.2. The lowest BCUT2D eigenvalue weighted by Gasteiger charge is -2.09. The van der Waals surface area contributed by atoms with Crippen LogP contribution in [0.5, 0.6) is 5.75 Å². The number of nitrogens with one attached hydrogen (secondary N) is 2. The van der Waals surface area contributed by atoms with Crippen molar-refractivity contribution in [3.8, 4) is 16.9 Å². The van der Waals surface area contributed by atoms with E-state index >= 15 is 0 Å². The SMILES string of the molecule is Cc1ccc(C(=O)Oc2ccc(Br)cc2C=NNC(=O)c2[nH]c3c(Cl)cc(Br)cc3c2-c2ccccc2Cl)cc1. The van der Waals surface area contributed by atoms with E-state index in [4.69, 9.17) is 27.9 Å². The lowest BCUT2D eigenvalue weighted by atomic mass is 10.0. The lowest BCUT2D eigenvalue weighted by Crippen LogP contribution is -2.19. The average Bonchev–Trinajstić information content (AvgIpc) is 3.30. The number of carbonyl (C=O) groups is 2. The number of hydrogen-bond acceptors (Lipinski definition) is 4. The smallest absolute Gasteiger partial charge is 0.343 e. The van der Waals surface area contributed by atoms with Crippen molar-refractivity contribution in [1.82, 2.24) is 10.4 Å². The first-order valence-corrected chi connectivity index (χ1v) is 14.2. The second-order valence-electron chi connectivity index (χ2n) is 8.80. The van der Waals surface area contributed by atoms with Gasteiger partial charge >= 0.3 is 5.97 Å². The molecule has 0 fully saturated rings. The van der Waals surface area contributed by atoms with Crippen molar-refractivity contribution in [3.05, 3.63) is 120 Å². The van der Waals surface area contributed by atoms with Crippen LogP contribution in [0.4, 0.5) is 0 Å². The van der Waals surface area contributed by atoms with E-state index < -0.39 is 11.9 Å². The zero-order valence-electron chi connectivity index (χ0n) is 20.8. The van der Waals surface area contributed by atoms with Crippen molar-refractivity contribution in [1.29, 1.82) is 0 Å². The predicted molar refractivity (Wildman–Crippen MR) is 167 cm³/mol. The molecule has 0 aliphatic rings. The highest BCUT2D eigenvalue weighted by Gasteiger charge is 2.22. The molecule has 200 valence electrons. The molecule has 40 heavy (non-hydrogen) atoms. The molecule has 1 heterocycles. The first-order chi connectivity index (χ1) is 19.2. The van der Waals surface area contributed by atoms with E-state index in [1.807, 2.05) is 43.3 Å². The van der Waals surface area contributed by atoms with E-state index in [1.165, 1.54) is 6.21 Å². The number of ether oxygens (including phenoxy) is 1. The summed E-state index contributed by atoms with van der Waals surface area (Å²) < 4.78 is 7.12. The van der Waals surface area contributed by atoms with Crippen LogP contribution in [-0.4, -0.2) is 23.1 Å². The highest BCUT2D eigenvalue weighted by molar-refractivity contribution is 9.10. The summed E-state index contributed by atoms with van der Waals surface area (Å²) in [4.78, 5) is 29.2. The fourth-order valence-electron chi connectivity index (χ4n) is 4.11. The molecule has 5 rings (SSSR count). The van der Waals surface area contributed by atoms with E-state index in [0.29, 0.717) is 37.8 Å². The minimum atomic E-state index is -0.511. The van der Waals surface area contributed by atoms with Crippen LogP contribution < -0.4 is 10.2 Å². The van der Waals surface area contributed by atoms with Crippen LogP contribution in [0.25, 0.3) is 22.0 Å². The third-order valence-electron chi connectivity index (χ3n) is 6.03. The highest BCUT2D eigenvalue weighted by Crippen LogP contribution is 2.40. The van der Waals surface area contributed by atoms with Gasteiger partial charge in [-0.2, -0.15) is 5.10 Å². The van der Waals surface area contributed by atoms with Gasteiger partial charge in [0.2, 0.25) is 0 Å². The number of amides is 1. The summed E-state index contributed by atoms with van der Waals surface area (Å²) in [6, 6.07) is 23.0. The third-order valence-corrected chi connectivity index (χ3v) is 7.60. The maximum Gasteiger partial charge on any atom is 0.343 e. The van der Waals surface area contributed by atoms with Gasteiger partial charge < -0.3 is 9.72 Å². The highest BCUT2D eigenvalue weighted by atomic mass is 79.9. The number of fused-ring (bicyclic) bond motifs is 1. The van der Waals surface area contributed by atoms with E-state index in [-0.39, 0.29) is 11.4 Å². The standard InChI is InChI=1S/C30H19Br2Cl2N3O3/c1-16-6-8-17(9-7-16)30(39)40-25-11-10-19(31)12-18(25)15-35-37-29(38)28-26(21-4-2-3-5-23(21)33)22-13-20(32)14-24(34)27(22)36-28/h2-15,36H,1H3,(H,37,38). The predicted octanol–water partition coefficient (Wildman–Crippen LogP) is 8.96. The van der Waals surface area contributed by atoms with Crippen molar-refractivity contribution in [3.63, 3.8) is 0 Å². The Morgan fingerprint density at radius 2 is 1.68 bits per heavy atom. The van der Waals surface area contributed by atoms with Crippen LogP contribution in [0, 0.1) is 6.92 Å². The number of halogens is 4. The minimum Gasteiger partial charge on any atom is -0.422 e. The minimum absolute atomic E-state index is 0.237. The Labute approximate surface area is 256 Å². The molecule has 0 aliphatic carbocycles. The van der Waals surface area contributed by atoms with Gasteiger partial charge in [0.1, 0.15) is 11.4 Å². The summed E-state index contributed by atoms with van der Waals surface area (Å²) in [5.74, 6) is -0.736. The Morgan fingerprint density at radius 1 is 0.925 bits per heavy atom. The molecule has 10 heteroatoms. The molecule has 0 saturated heterocycles. The van der Waals surface area contributed by atoms with Crippen LogP contribution >= 0.6 is 55.1 Å².